The molecule has 1 fully saturated rings. The number of rotatable bonds is 3. The average molecular weight is 340 g/mol. The maximum Gasteiger partial charge on any atom is 0.407 e. The highest BCUT2D eigenvalue weighted by atomic mass is 16.6. The van der Waals surface area contributed by atoms with Crippen molar-refractivity contribution >= 4 is 6.09 Å². The molecule has 3 rings (SSSR count). The van der Waals surface area contributed by atoms with Crippen molar-refractivity contribution in [2.75, 3.05) is 0 Å². The monoisotopic (exact) mass is 340 g/mol. The third-order valence-electron chi connectivity index (χ3n) is 4.25. The lowest BCUT2D eigenvalue weighted by Crippen LogP contribution is -2.34. The van der Waals surface area contributed by atoms with Gasteiger partial charge in [-0.2, -0.15) is 0 Å². The van der Waals surface area contributed by atoms with Crippen molar-refractivity contribution in [2.24, 2.45) is 7.05 Å². The van der Waals surface area contributed by atoms with Crippen LogP contribution in [0.15, 0.2) is 47.4 Å². The average Bonchev–Trinajstić information content (AvgIpc) is 3.27. The first-order valence-corrected chi connectivity index (χ1v) is 8.49. The summed E-state index contributed by atoms with van der Waals surface area (Å²) in [5.41, 5.74) is 2.78. The van der Waals surface area contributed by atoms with Gasteiger partial charge in [0.15, 0.2) is 0 Å². The van der Waals surface area contributed by atoms with Gasteiger partial charge in [-0.1, -0.05) is 24.3 Å². The lowest BCUT2D eigenvalue weighted by molar-refractivity contribution is 0.0523. The Labute approximate surface area is 147 Å². The van der Waals surface area contributed by atoms with Gasteiger partial charge in [0.05, 0.1) is 0 Å². The zero-order valence-corrected chi connectivity index (χ0v) is 15.1. The van der Waals surface area contributed by atoms with E-state index in [0.29, 0.717) is 5.92 Å². The molecule has 1 amide bonds. The van der Waals surface area contributed by atoms with Gasteiger partial charge in [0.25, 0.3) is 0 Å². The molecule has 0 bridgehead atoms. The minimum Gasteiger partial charge on any atom is -0.444 e. The highest BCUT2D eigenvalue weighted by molar-refractivity contribution is 5.69. The van der Waals surface area contributed by atoms with Gasteiger partial charge in [0.2, 0.25) is 5.56 Å². The number of pyridine rings is 1. The van der Waals surface area contributed by atoms with Gasteiger partial charge < -0.3 is 14.6 Å². The molecule has 0 radical (unpaired) electrons. The van der Waals surface area contributed by atoms with Crippen LogP contribution in [0.2, 0.25) is 0 Å². The Morgan fingerprint density at radius 2 is 1.76 bits per heavy atom. The number of nitrogens with zero attached hydrogens (tertiary/aromatic N) is 1. The molecule has 2 atom stereocenters. The minimum atomic E-state index is -0.480. The number of hydrogen-bond donors (Lipinski definition) is 1. The van der Waals surface area contributed by atoms with Crippen molar-refractivity contribution in [1.82, 2.24) is 9.88 Å². The molecule has 1 aromatic heterocycles. The molecule has 5 nitrogen and oxygen atoms in total. The normalized spacial score (nSPS) is 19.4. The summed E-state index contributed by atoms with van der Waals surface area (Å²) >= 11 is 0. The van der Waals surface area contributed by atoms with Gasteiger partial charge in [0, 0.05) is 31.3 Å². The number of carbonyl (C=O) groups is 1. The van der Waals surface area contributed by atoms with Gasteiger partial charge in [-0.15, -0.1) is 0 Å². The maximum absolute atomic E-state index is 11.8. The molecule has 132 valence electrons. The van der Waals surface area contributed by atoms with Gasteiger partial charge in [-0.05, 0) is 49.9 Å². The summed E-state index contributed by atoms with van der Waals surface area (Å²) in [7, 11) is 1.75. The summed E-state index contributed by atoms with van der Waals surface area (Å²) < 4.78 is 6.87. The number of aryl methyl sites for hydroxylation is 1. The van der Waals surface area contributed by atoms with Crippen LogP contribution in [0.25, 0.3) is 11.1 Å². The van der Waals surface area contributed by atoms with Crippen LogP contribution >= 0.6 is 0 Å². The fraction of sp³-hybridized carbons (Fsp3) is 0.400. The summed E-state index contributed by atoms with van der Waals surface area (Å²) in [5.74, 6) is 0.335. The SMILES string of the molecule is Cn1cc(-c2ccc(C3CC3NC(=O)OC(C)(C)C)cc2)ccc1=O. The number of alkyl carbamates (subject to hydrolysis) is 1. The van der Waals surface area contributed by atoms with Crippen LogP contribution in [-0.2, 0) is 11.8 Å². The molecular formula is C20H24N2O3. The van der Waals surface area contributed by atoms with Crippen LogP contribution in [0, 0.1) is 0 Å². The molecule has 1 N–H and O–H groups in total. The molecule has 0 aliphatic heterocycles. The van der Waals surface area contributed by atoms with Gasteiger partial charge in [-0.25, -0.2) is 4.79 Å². The van der Waals surface area contributed by atoms with E-state index in [1.54, 1.807) is 17.7 Å². The Morgan fingerprint density at radius 1 is 1.12 bits per heavy atom. The lowest BCUT2D eigenvalue weighted by atomic mass is 10.0. The van der Waals surface area contributed by atoms with E-state index >= 15 is 0 Å². The fourth-order valence-corrected chi connectivity index (χ4v) is 2.87. The zero-order chi connectivity index (χ0) is 18.2. The van der Waals surface area contributed by atoms with Crippen molar-refractivity contribution in [3.8, 4) is 11.1 Å². The topological polar surface area (TPSA) is 60.3 Å². The molecule has 1 aromatic carbocycles. The van der Waals surface area contributed by atoms with E-state index in [1.807, 2.05) is 33.0 Å². The van der Waals surface area contributed by atoms with E-state index in [0.717, 1.165) is 17.5 Å². The third-order valence-corrected chi connectivity index (χ3v) is 4.25. The van der Waals surface area contributed by atoms with E-state index in [-0.39, 0.29) is 17.7 Å². The molecule has 2 unspecified atom stereocenters. The second kappa shape index (κ2) is 6.39. The maximum atomic E-state index is 11.8. The van der Waals surface area contributed by atoms with E-state index in [1.165, 1.54) is 5.56 Å². The van der Waals surface area contributed by atoms with Crippen LogP contribution in [0.4, 0.5) is 4.79 Å². The highest BCUT2D eigenvalue weighted by Crippen LogP contribution is 2.41. The molecule has 25 heavy (non-hydrogen) atoms. The summed E-state index contributed by atoms with van der Waals surface area (Å²) in [5, 5.41) is 2.92. The Morgan fingerprint density at radius 3 is 2.36 bits per heavy atom. The molecule has 2 aromatic rings. The standard InChI is InChI=1S/C20H24N2O3/c1-20(2,3)25-19(24)21-17-11-16(17)14-7-5-13(6-8-14)15-9-10-18(23)22(4)12-15/h5-10,12,16-17H,11H2,1-4H3,(H,21,24). The van der Waals surface area contributed by atoms with E-state index < -0.39 is 5.60 Å². The largest absolute Gasteiger partial charge is 0.444 e. The Hall–Kier alpha value is -2.56. The number of hydrogen-bond acceptors (Lipinski definition) is 3. The summed E-state index contributed by atoms with van der Waals surface area (Å²) in [6.07, 6.45) is 2.40. The lowest BCUT2D eigenvalue weighted by Gasteiger charge is -2.19. The van der Waals surface area contributed by atoms with Crippen LogP contribution in [0.3, 0.4) is 0 Å². The number of nitrogens with one attached hydrogen (secondary N) is 1. The number of carbonyl (C=O) groups excluding carboxylic acids is 1. The van der Waals surface area contributed by atoms with Crippen LogP contribution in [0.1, 0.15) is 38.7 Å². The summed E-state index contributed by atoms with van der Waals surface area (Å²) in [4.78, 5) is 23.3. The molecule has 0 spiro atoms. The van der Waals surface area contributed by atoms with Gasteiger partial charge in [-0.3, -0.25) is 4.79 Å². The summed E-state index contributed by atoms with van der Waals surface area (Å²) in [6.45, 7) is 5.57. The molecule has 1 aliphatic rings. The fourth-order valence-electron chi connectivity index (χ4n) is 2.87. The molecule has 1 saturated carbocycles. The van der Waals surface area contributed by atoms with E-state index in [4.69, 9.17) is 4.74 Å². The predicted molar refractivity (Wildman–Crippen MR) is 97.6 cm³/mol. The predicted octanol–water partition coefficient (Wildman–Crippen LogP) is 3.43. The Kier molecular flexibility index (Phi) is 4.41. The van der Waals surface area contributed by atoms with E-state index in [2.05, 4.69) is 29.6 Å². The minimum absolute atomic E-state index is 0.0191. The number of benzene rings is 1. The van der Waals surface area contributed by atoms with Crippen LogP contribution in [-0.4, -0.2) is 22.3 Å². The Balaban J connectivity index is 1.63. The first-order chi connectivity index (χ1) is 11.7. The van der Waals surface area contributed by atoms with E-state index in [9.17, 15) is 9.59 Å². The first kappa shape index (κ1) is 17.3. The highest BCUT2D eigenvalue weighted by Gasteiger charge is 2.40. The van der Waals surface area contributed by atoms with Crippen molar-refractivity contribution in [1.29, 1.82) is 0 Å². The number of ether oxygens (including phenoxy) is 1. The van der Waals surface area contributed by atoms with Crippen molar-refractivity contribution in [3.05, 3.63) is 58.5 Å². The third kappa shape index (κ3) is 4.29. The van der Waals surface area contributed by atoms with Crippen LogP contribution in [0.5, 0.6) is 0 Å². The first-order valence-electron chi connectivity index (χ1n) is 8.49. The van der Waals surface area contributed by atoms with Gasteiger partial charge >= 0.3 is 6.09 Å². The number of aromatic nitrogens is 1. The van der Waals surface area contributed by atoms with Crippen LogP contribution < -0.4 is 10.9 Å². The van der Waals surface area contributed by atoms with Gasteiger partial charge in [0.1, 0.15) is 5.60 Å². The second-order valence-electron chi connectivity index (χ2n) is 7.58. The Bertz CT molecular complexity index is 831. The molecule has 1 heterocycles. The second-order valence-corrected chi connectivity index (χ2v) is 7.58. The number of amides is 1. The van der Waals surface area contributed by atoms with Crippen molar-refractivity contribution in [2.45, 2.75) is 44.8 Å². The van der Waals surface area contributed by atoms with Crippen molar-refractivity contribution in [3.63, 3.8) is 0 Å². The quantitative estimate of drug-likeness (QED) is 0.931. The molecule has 5 heteroatoms. The van der Waals surface area contributed by atoms with Crippen molar-refractivity contribution < 1.29 is 9.53 Å². The smallest absolute Gasteiger partial charge is 0.407 e. The zero-order valence-electron chi connectivity index (χ0n) is 15.1. The summed E-state index contributed by atoms with van der Waals surface area (Å²) in [6, 6.07) is 11.8. The molecule has 0 saturated heterocycles. The molecular weight excluding hydrogens is 316 g/mol. The molecule has 1 aliphatic carbocycles.